The molecule has 0 fully saturated rings. The Balaban J connectivity index is 1.60. The van der Waals surface area contributed by atoms with Crippen LogP contribution in [0.3, 0.4) is 0 Å². The first-order valence-corrected chi connectivity index (χ1v) is 10.3. The molecule has 1 aromatic carbocycles. The second kappa shape index (κ2) is 8.09. The van der Waals surface area contributed by atoms with Crippen molar-refractivity contribution in [2.24, 2.45) is 0 Å². The van der Waals surface area contributed by atoms with Gasteiger partial charge < -0.3 is 4.74 Å². The first kappa shape index (κ1) is 19.4. The van der Waals surface area contributed by atoms with Gasteiger partial charge in [-0.15, -0.1) is 11.3 Å². The van der Waals surface area contributed by atoms with Gasteiger partial charge in [0.1, 0.15) is 34.8 Å². The SMILES string of the molecule is O=S(=O)(Cc1csc(COc2ccc(F)cc2)n1)Cc1nccn1C(F)F. The number of sulfone groups is 1. The zero-order chi connectivity index (χ0) is 19.4. The highest BCUT2D eigenvalue weighted by molar-refractivity contribution is 7.89. The fraction of sp³-hybridized carbons (Fsp3) is 0.250. The monoisotopic (exact) mass is 417 g/mol. The number of imidazole rings is 1. The number of nitrogens with zero attached hydrogens (tertiary/aromatic N) is 3. The molecule has 0 N–H and O–H groups in total. The molecule has 0 saturated carbocycles. The molecule has 0 unspecified atom stereocenters. The van der Waals surface area contributed by atoms with Gasteiger partial charge in [-0.3, -0.25) is 4.57 Å². The molecule has 0 radical (unpaired) electrons. The Morgan fingerprint density at radius 1 is 1.19 bits per heavy atom. The number of halogens is 3. The van der Waals surface area contributed by atoms with E-state index in [0.29, 0.717) is 21.0 Å². The Hall–Kier alpha value is -2.40. The van der Waals surface area contributed by atoms with Crippen molar-refractivity contribution in [1.82, 2.24) is 14.5 Å². The van der Waals surface area contributed by atoms with Gasteiger partial charge in [0.25, 0.3) is 0 Å². The summed E-state index contributed by atoms with van der Waals surface area (Å²) >= 11 is 1.21. The fourth-order valence-electron chi connectivity index (χ4n) is 2.26. The highest BCUT2D eigenvalue weighted by Crippen LogP contribution is 2.19. The summed E-state index contributed by atoms with van der Waals surface area (Å²) < 4.78 is 68.9. The van der Waals surface area contributed by atoms with Gasteiger partial charge in [0.2, 0.25) is 0 Å². The molecule has 0 amide bonds. The van der Waals surface area contributed by atoms with Gasteiger partial charge in [-0.2, -0.15) is 8.78 Å². The van der Waals surface area contributed by atoms with Crippen LogP contribution in [0.5, 0.6) is 5.75 Å². The van der Waals surface area contributed by atoms with Crippen LogP contribution in [-0.2, 0) is 27.9 Å². The van der Waals surface area contributed by atoms with E-state index in [1.54, 1.807) is 5.38 Å². The molecule has 2 heterocycles. The molecule has 0 saturated heterocycles. The zero-order valence-corrected chi connectivity index (χ0v) is 15.4. The highest BCUT2D eigenvalue weighted by Gasteiger charge is 2.21. The van der Waals surface area contributed by atoms with Crippen molar-refractivity contribution in [3.63, 3.8) is 0 Å². The maximum absolute atomic E-state index is 12.8. The van der Waals surface area contributed by atoms with Crippen LogP contribution in [0.1, 0.15) is 23.1 Å². The predicted molar refractivity (Wildman–Crippen MR) is 92.7 cm³/mol. The number of thiazole rings is 1. The van der Waals surface area contributed by atoms with Crippen LogP contribution in [0.2, 0.25) is 0 Å². The van der Waals surface area contributed by atoms with Gasteiger partial charge in [-0.25, -0.2) is 22.8 Å². The van der Waals surface area contributed by atoms with Crippen molar-refractivity contribution in [1.29, 1.82) is 0 Å². The molecule has 0 bridgehead atoms. The molecule has 0 spiro atoms. The van der Waals surface area contributed by atoms with Crippen LogP contribution in [0.15, 0.2) is 42.0 Å². The van der Waals surface area contributed by atoms with Gasteiger partial charge in [-0.05, 0) is 24.3 Å². The Labute approximate surface area is 157 Å². The maximum atomic E-state index is 12.8. The van der Waals surface area contributed by atoms with Gasteiger partial charge in [-0.1, -0.05) is 0 Å². The number of hydrogen-bond acceptors (Lipinski definition) is 6. The summed E-state index contributed by atoms with van der Waals surface area (Å²) in [4.78, 5) is 7.86. The average molecular weight is 417 g/mol. The molecule has 3 aromatic rings. The lowest BCUT2D eigenvalue weighted by atomic mass is 10.3. The predicted octanol–water partition coefficient (Wildman–Crippen LogP) is 3.57. The lowest BCUT2D eigenvalue weighted by Crippen LogP contribution is -2.13. The Morgan fingerprint density at radius 2 is 1.93 bits per heavy atom. The van der Waals surface area contributed by atoms with Gasteiger partial charge in [0, 0.05) is 17.8 Å². The smallest absolute Gasteiger partial charge is 0.319 e. The van der Waals surface area contributed by atoms with Crippen molar-refractivity contribution in [2.45, 2.75) is 24.7 Å². The summed E-state index contributed by atoms with van der Waals surface area (Å²) in [5.41, 5.74) is 0.299. The van der Waals surface area contributed by atoms with Crippen LogP contribution < -0.4 is 4.74 Å². The third-order valence-corrected chi connectivity index (χ3v) is 5.76. The molecular weight excluding hydrogens is 403 g/mol. The Kier molecular flexibility index (Phi) is 5.80. The minimum Gasteiger partial charge on any atom is -0.486 e. The van der Waals surface area contributed by atoms with Crippen LogP contribution in [0.25, 0.3) is 0 Å². The van der Waals surface area contributed by atoms with Crippen molar-refractivity contribution < 1.29 is 26.3 Å². The normalized spacial score (nSPS) is 11.9. The standard InChI is InChI=1S/C16H14F3N3O3S2/c17-11-1-3-13(4-2-11)25-7-15-21-12(8-26-15)9-27(23,24)10-14-20-5-6-22(14)16(18)19/h1-6,8,16H,7,9-10H2. The van der Waals surface area contributed by atoms with Gasteiger partial charge >= 0.3 is 6.55 Å². The molecule has 0 aliphatic rings. The average Bonchev–Trinajstić information content (AvgIpc) is 3.23. The summed E-state index contributed by atoms with van der Waals surface area (Å²) in [6.07, 6.45) is 2.16. The van der Waals surface area contributed by atoms with Gasteiger partial charge in [0.05, 0.1) is 11.4 Å². The number of rotatable bonds is 8. The van der Waals surface area contributed by atoms with Crippen LogP contribution in [-0.4, -0.2) is 23.0 Å². The van der Waals surface area contributed by atoms with Crippen LogP contribution in [0, 0.1) is 5.82 Å². The minimum absolute atomic E-state index is 0.103. The Morgan fingerprint density at radius 3 is 2.63 bits per heavy atom. The third-order valence-electron chi connectivity index (χ3n) is 3.45. The summed E-state index contributed by atoms with van der Waals surface area (Å²) in [5, 5.41) is 2.11. The van der Waals surface area contributed by atoms with E-state index in [9.17, 15) is 21.6 Å². The molecular formula is C16H14F3N3O3S2. The topological polar surface area (TPSA) is 74.1 Å². The molecule has 6 nitrogen and oxygen atoms in total. The number of benzene rings is 1. The lowest BCUT2D eigenvalue weighted by molar-refractivity contribution is 0.0677. The number of ether oxygens (including phenoxy) is 1. The van der Waals surface area contributed by atoms with E-state index in [1.807, 2.05) is 0 Å². The molecule has 2 aromatic heterocycles. The zero-order valence-electron chi connectivity index (χ0n) is 13.8. The van der Waals surface area contributed by atoms with Crippen molar-refractivity contribution in [2.75, 3.05) is 0 Å². The maximum Gasteiger partial charge on any atom is 0.319 e. The molecule has 3 rings (SSSR count). The molecule has 0 aliphatic carbocycles. The molecule has 0 atom stereocenters. The number of aromatic nitrogens is 3. The quantitative estimate of drug-likeness (QED) is 0.560. The number of alkyl halides is 2. The summed E-state index contributed by atoms with van der Waals surface area (Å²) in [6.45, 7) is -2.75. The Bertz CT molecular complexity index is 1000. The molecule has 144 valence electrons. The van der Waals surface area contributed by atoms with E-state index in [2.05, 4.69) is 9.97 Å². The minimum atomic E-state index is -3.73. The first-order chi connectivity index (χ1) is 12.8. The largest absolute Gasteiger partial charge is 0.486 e. The van der Waals surface area contributed by atoms with Crippen molar-refractivity contribution in [3.8, 4) is 5.75 Å². The van der Waals surface area contributed by atoms with Crippen LogP contribution >= 0.6 is 11.3 Å². The summed E-state index contributed by atoms with van der Waals surface area (Å²) in [5.74, 6) is -1.14. The number of hydrogen-bond donors (Lipinski definition) is 0. The van der Waals surface area contributed by atoms with E-state index in [0.717, 1.165) is 12.4 Å². The van der Waals surface area contributed by atoms with E-state index in [1.165, 1.54) is 35.6 Å². The summed E-state index contributed by atoms with van der Waals surface area (Å²) in [7, 11) is -3.73. The van der Waals surface area contributed by atoms with E-state index >= 15 is 0 Å². The summed E-state index contributed by atoms with van der Waals surface area (Å²) in [6, 6.07) is 5.47. The first-order valence-electron chi connectivity index (χ1n) is 7.64. The highest BCUT2D eigenvalue weighted by atomic mass is 32.2. The van der Waals surface area contributed by atoms with Gasteiger partial charge in [0.15, 0.2) is 9.84 Å². The van der Waals surface area contributed by atoms with E-state index in [4.69, 9.17) is 4.74 Å². The van der Waals surface area contributed by atoms with E-state index < -0.39 is 27.9 Å². The van der Waals surface area contributed by atoms with E-state index in [-0.39, 0.29) is 18.2 Å². The third kappa shape index (κ3) is 5.30. The molecule has 0 aliphatic heterocycles. The molecule has 11 heteroatoms. The van der Waals surface area contributed by atoms with Crippen molar-refractivity contribution in [3.05, 3.63) is 64.4 Å². The van der Waals surface area contributed by atoms with Crippen LogP contribution in [0.4, 0.5) is 13.2 Å². The second-order valence-electron chi connectivity index (χ2n) is 5.54. The van der Waals surface area contributed by atoms with Crippen molar-refractivity contribution >= 4 is 21.2 Å². The second-order valence-corrected chi connectivity index (χ2v) is 8.54. The fourth-order valence-corrected chi connectivity index (χ4v) is 4.39. The lowest BCUT2D eigenvalue weighted by Gasteiger charge is -2.06. The molecule has 27 heavy (non-hydrogen) atoms.